The van der Waals surface area contributed by atoms with E-state index in [1.807, 2.05) is 54.6 Å². The van der Waals surface area contributed by atoms with Crippen LogP contribution in [0.2, 0.25) is 0 Å². The minimum atomic E-state index is -5.02. The fourth-order valence-electron chi connectivity index (χ4n) is 8.59. The van der Waals surface area contributed by atoms with Crippen molar-refractivity contribution in [3.8, 4) is 11.1 Å². The zero-order chi connectivity index (χ0) is 42.9. The largest absolute Gasteiger partial charge is 0.471 e. The number of likely N-dealkylation sites (tertiary alicyclic amines) is 1. The Balaban J connectivity index is 1.32. The van der Waals surface area contributed by atoms with Gasteiger partial charge < -0.3 is 29.7 Å². The number of rotatable bonds is 23. The lowest BCUT2D eigenvalue weighted by atomic mass is 9.89. The Morgan fingerprint density at radius 3 is 2.03 bits per heavy atom. The Hall–Kier alpha value is -3.77. The van der Waals surface area contributed by atoms with Crippen LogP contribution in [0.15, 0.2) is 72.8 Å². The molecule has 2 saturated heterocycles. The maximum absolute atomic E-state index is 13.2. The van der Waals surface area contributed by atoms with Crippen molar-refractivity contribution in [2.24, 2.45) is 5.92 Å². The minimum absolute atomic E-state index is 0.0238. The monoisotopic (exact) mass is 836 g/mol. The Morgan fingerprint density at radius 1 is 0.783 bits per heavy atom. The van der Waals surface area contributed by atoms with Crippen LogP contribution in [0.3, 0.4) is 0 Å². The number of halogens is 3. The van der Waals surface area contributed by atoms with Gasteiger partial charge in [-0.15, -0.1) is 0 Å². The van der Waals surface area contributed by atoms with Crippen molar-refractivity contribution >= 4 is 11.8 Å². The van der Waals surface area contributed by atoms with E-state index in [9.17, 15) is 27.9 Å². The summed E-state index contributed by atoms with van der Waals surface area (Å²) in [6.07, 6.45) is 9.59. The van der Waals surface area contributed by atoms with E-state index >= 15 is 0 Å². The van der Waals surface area contributed by atoms with Crippen molar-refractivity contribution in [2.45, 2.75) is 155 Å². The Labute approximate surface area is 356 Å². The number of nitrogens with one attached hydrogen (secondary N) is 1. The third-order valence-corrected chi connectivity index (χ3v) is 12.2. The molecule has 3 aromatic rings. The fourth-order valence-corrected chi connectivity index (χ4v) is 8.59. The van der Waals surface area contributed by atoms with Crippen LogP contribution in [0.5, 0.6) is 0 Å². The fraction of sp³-hybridized carbons (Fsp3) is 0.592. The zero-order valence-electron chi connectivity index (χ0n) is 36.1. The van der Waals surface area contributed by atoms with Crippen LogP contribution < -0.4 is 5.32 Å². The van der Waals surface area contributed by atoms with Crippen LogP contribution in [-0.4, -0.2) is 71.2 Å². The van der Waals surface area contributed by atoms with Gasteiger partial charge in [0, 0.05) is 31.1 Å². The number of carbonyl (C=O) groups excluding carboxylic acids is 2. The second-order valence-corrected chi connectivity index (χ2v) is 16.9. The van der Waals surface area contributed by atoms with Crippen molar-refractivity contribution in [3.05, 3.63) is 95.1 Å². The quantitative estimate of drug-likeness (QED) is 0.0925. The molecule has 2 amide bonds. The van der Waals surface area contributed by atoms with E-state index in [0.29, 0.717) is 11.3 Å². The van der Waals surface area contributed by atoms with E-state index in [4.69, 9.17) is 9.47 Å². The Morgan fingerprint density at radius 2 is 1.40 bits per heavy atom. The third kappa shape index (κ3) is 13.9. The first kappa shape index (κ1) is 47.3. The zero-order valence-corrected chi connectivity index (χ0v) is 36.1. The maximum atomic E-state index is 13.2. The summed E-state index contributed by atoms with van der Waals surface area (Å²) in [5.74, 6) is -2.50. The third-order valence-electron chi connectivity index (χ3n) is 12.2. The molecule has 0 unspecified atom stereocenters. The topological polar surface area (TPSA) is 91.3 Å². The number of carbonyl (C=O) groups is 2. The number of alkyl halides is 3. The predicted molar refractivity (Wildman–Crippen MR) is 231 cm³/mol. The molecule has 11 heteroatoms. The van der Waals surface area contributed by atoms with E-state index in [-0.39, 0.29) is 44.2 Å². The molecule has 5 atom stereocenters. The molecule has 60 heavy (non-hydrogen) atoms. The minimum Gasteiger partial charge on any atom is -0.392 e. The van der Waals surface area contributed by atoms with E-state index < -0.39 is 30.3 Å². The number of hydrogen-bond acceptors (Lipinski definition) is 6. The molecule has 0 spiro atoms. The number of nitrogens with zero attached hydrogens (tertiary/aromatic N) is 2. The van der Waals surface area contributed by atoms with Crippen molar-refractivity contribution in [1.82, 2.24) is 15.1 Å². The first-order chi connectivity index (χ1) is 29.0. The Kier molecular flexibility index (Phi) is 18.9. The number of aliphatic hydroxyl groups excluding tert-OH is 1. The highest BCUT2D eigenvalue weighted by atomic mass is 19.4. The van der Waals surface area contributed by atoms with Gasteiger partial charge in [0.2, 0.25) is 5.91 Å². The molecule has 0 bridgehead atoms. The molecule has 0 aromatic heterocycles. The maximum Gasteiger partial charge on any atom is 0.471 e. The molecule has 3 aromatic carbocycles. The Bertz CT molecular complexity index is 1740. The summed E-state index contributed by atoms with van der Waals surface area (Å²) in [5.41, 5.74) is 5.39. The molecular formula is C49H68F3N3O5. The number of hydrogen-bond donors (Lipinski definition) is 2. The summed E-state index contributed by atoms with van der Waals surface area (Å²) in [5, 5.41) is 12.5. The number of unbranched alkanes of at least 4 members (excludes halogenated alkanes) is 10. The normalized spacial score (nSPS) is 20.8. The standard InChI is InChI=1S/C49H68F3N3O5/c1-4-6-8-10-12-14-28-54(29-15-13-11-9-7-5-2)34-44-36(3)45(39-26-24-37(35-56)25-27-39)60-47(59-44)42-22-17-21-41(32-42)40-20-16-19-38(31-40)33-53-46(57)43-23-18-30-55(43)48(58)49(50,51)52/h16-17,19-22,24-27,31-32,36,43-45,47,56H,4-15,18,23,28-30,33-35H2,1-3H3,(H,53,57)/t36-,43-,44+,45+,47+/m0/s1. The molecule has 0 saturated carbocycles. The SMILES string of the molecule is CCCCCCCCN(CCCCCCCC)C[C@H]1O[C@@H](c2cccc(-c3cccc(CNC(=O)[C@@H]4CCCN4C(=O)C(F)(F)F)c3)c2)O[C@@H](c2ccc(CO)cc2)[C@H]1C. The lowest BCUT2D eigenvalue weighted by molar-refractivity contribution is -0.276. The molecule has 8 nitrogen and oxygen atoms in total. The molecule has 0 aliphatic carbocycles. The number of benzene rings is 3. The molecule has 2 fully saturated rings. The second-order valence-electron chi connectivity index (χ2n) is 16.9. The van der Waals surface area contributed by atoms with Crippen LogP contribution in [0.4, 0.5) is 13.2 Å². The van der Waals surface area contributed by atoms with Crippen LogP contribution >= 0.6 is 0 Å². The van der Waals surface area contributed by atoms with Gasteiger partial charge in [-0.05, 0) is 78.7 Å². The molecule has 5 rings (SSSR count). The summed E-state index contributed by atoms with van der Waals surface area (Å²) in [4.78, 5) is 28.2. The van der Waals surface area contributed by atoms with Gasteiger partial charge in [-0.1, -0.05) is 146 Å². The highest BCUT2D eigenvalue weighted by Gasteiger charge is 2.47. The lowest BCUT2D eigenvalue weighted by Gasteiger charge is -2.43. The summed E-state index contributed by atoms with van der Waals surface area (Å²) >= 11 is 0. The molecule has 2 N–H and O–H groups in total. The van der Waals surface area contributed by atoms with E-state index in [2.05, 4.69) is 49.2 Å². The molecule has 2 aliphatic rings. The molecule has 2 aliphatic heterocycles. The molecular weight excluding hydrogens is 768 g/mol. The van der Waals surface area contributed by atoms with Gasteiger partial charge in [-0.2, -0.15) is 13.2 Å². The van der Waals surface area contributed by atoms with Crippen LogP contribution in [0.25, 0.3) is 11.1 Å². The first-order valence-corrected chi connectivity index (χ1v) is 22.6. The average molecular weight is 836 g/mol. The lowest BCUT2D eigenvalue weighted by Crippen LogP contribution is -2.50. The number of aliphatic hydroxyl groups is 1. The van der Waals surface area contributed by atoms with E-state index in [1.54, 1.807) is 0 Å². The predicted octanol–water partition coefficient (Wildman–Crippen LogP) is 10.8. The van der Waals surface area contributed by atoms with Gasteiger partial charge in [-0.3, -0.25) is 9.59 Å². The smallest absolute Gasteiger partial charge is 0.392 e. The van der Waals surface area contributed by atoms with Gasteiger partial charge >= 0.3 is 12.1 Å². The van der Waals surface area contributed by atoms with Gasteiger partial charge in [0.25, 0.3) is 0 Å². The second kappa shape index (κ2) is 24.0. The molecule has 330 valence electrons. The van der Waals surface area contributed by atoms with Crippen molar-refractivity contribution in [2.75, 3.05) is 26.2 Å². The van der Waals surface area contributed by atoms with Gasteiger partial charge in [-0.25, -0.2) is 0 Å². The van der Waals surface area contributed by atoms with Gasteiger partial charge in [0.15, 0.2) is 6.29 Å². The summed E-state index contributed by atoms with van der Waals surface area (Å²) in [7, 11) is 0. The van der Waals surface area contributed by atoms with E-state index in [1.165, 1.54) is 77.0 Å². The first-order valence-electron chi connectivity index (χ1n) is 22.6. The van der Waals surface area contributed by atoms with Crippen LogP contribution in [-0.2, 0) is 32.2 Å². The summed E-state index contributed by atoms with van der Waals surface area (Å²) in [6.45, 7) is 9.63. The highest BCUT2D eigenvalue weighted by Crippen LogP contribution is 2.42. The van der Waals surface area contributed by atoms with Gasteiger partial charge in [0.05, 0.1) is 18.8 Å². The summed E-state index contributed by atoms with van der Waals surface area (Å²) < 4.78 is 53.3. The van der Waals surface area contributed by atoms with Crippen molar-refractivity contribution in [3.63, 3.8) is 0 Å². The highest BCUT2D eigenvalue weighted by molar-refractivity contribution is 5.90. The molecule has 2 heterocycles. The summed E-state index contributed by atoms with van der Waals surface area (Å²) in [6, 6.07) is 22.6. The van der Waals surface area contributed by atoms with Crippen LogP contribution in [0, 0.1) is 5.92 Å². The average Bonchev–Trinajstić information content (AvgIpc) is 3.75. The molecule has 0 radical (unpaired) electrons. The van der Waals surface area contributed by atoms with E-state index in [0.717, 1.165) is 53.0 Å². The van der Waals surface area contributed by atoms with Crippen LogP contribution in [0.1, 0.15) is 145 Å². The van der Waals surface area contributed by atoms with Crippen molar-refractivity contribution < 1.29 is 37.3 Å². The van der Waals surface area contributed by atoms with Crippen molar-refractivity contribution in [1.29, 1.82) is 0 Å². The number of ether oxygens (including phenoxy) is 2. The number of amides is 2. The van der Waals surface area contributed by atoms with Gasteiger partial charge in [0.1, 0.15) is 6.04 Å².